The van der Waals surface area contributed by atoms with E-state index in [-0.39, 0.29) is 5.91 Å². The Kier molecular flexibility index (Phi) is 3.89. The number of nitrogens with one attached hydrogen (secondary N) is 1. The molecular weight excluding hydrogens is 253 g/mol. The summed E-state index contributed by atoms with van der Waals surface area (Å²) in [5.41, 5.74) is 5.08. The molecule has 2 rings (SSSR count). The third-order valence-electron chi connectivity index (χ3n) is 3.36. The standard InChI is InChI=1S/C17H18FNO/c1-10-7-12(3)16(13(4)8-10)19-17(20)15-9-14(18)6-5-11(15)2/h5-9H,1-4H3,(H,19,20). The number of rotatable bonds is 2. The second-order valence-corrected chi connectivity index (χ2v) is 5.19. The van der Waals surface area contributed by atoms with E-state index in [1.807, 2.05) is 32.9 Å². The number of carbonyl (C=O) groups is 1. The van der Waals surface area contributed by atoms with Crippen molar-refractivity contribution in [1.29, 1.82) is 0 Å². The van der Waals surface area contributed by atoms with Gasteiger partial charge in [-0.1, -0.05) is 23.8 Å². The molecular formula is C17H18FNO. The van der Waals surface area contributed by atoms with Gasteiger partial charge >= 0.3 is 0 Å². The van der Waals surface area contributed by atoms with Gasteiger partial charge in [-0.25, -0.2) is 4.39 Å². The normalized spacial score (nSPS) is 10.4. The second kappa shape index (κ2) is 5.45. The first-order chi connectivity index (χ1) is 9.38. The lowest BCUT2D eigenvalue weighted by molar-refractivity contribution is 0.102. The summed E-state index contributed by atoms with van der Waals surface area (Å²) < 4.78 is 13.3. The van der Waals surface area contributed by atoms with Gasteiger partial charge in [-0.2, -0.15) is 0 Å². The zero-order valence-corrected chi connectivity index (χ0v) is 12.2. The average molecular weight is 271 g/mol. The Bertz CT molecular complexity index is 654. The number of halogens is 1. The molecule has 20 heavy (non-hydrogen) atoms. The van der Waals surface area contributed by atoms with Gasteiger partial charge < -0.3 is 5.32 Å². The van der Waals surface area contributed by atoms with Gasteiger partial charge in [0.15, 0.2) is 0 Å². The number of carbonyl (C=O) groups excluding carboxylic acids is 1. The minimum Gasteiger partial charge on any atom is -0.321 e. The number of hydrogen-bond donors (Lipinski definition) is 1. The van der Waals surface area contributed by atoms with Crippen molar-refractivity contribution in [3.63, 3.8) is 0 Å². The van der Waals surface area contributed by atoms with E-state index in [0.29, 0.717) is 5.56 Å². The van der Waals surface area contributed by atoms with Crippen molar-refractivity contribution in [3.8, 4) is 0 Å². The third-order valence-corrected chi connectivity index (χ3v) is 3.36. The molecule has 1 N–H and O–H groups in total. The van der Waals surface area contributed by atoms with E-state index in [9.17, 15) is 9.18 Å². The number of benzene rings is 2. The first-order valence-electron chi connectivity index (χ1n) is 6.54. The molecule has 0 bridgehead atoms. The number of anilines is 1. The Hall–Kier alpha value is -2.16. The highest BCUT2D eigenvalue weighted by Gasteiger charge is 2.13. The highest BCUT2D eigenvalue weighted by molar-refractivity contribution is 6.06. The summed E-state index contributed by atoms with van der Waals surface area (Å²) in [5.74, 6) is -0.685. The Morgan fingerprint density at radius 1 is 0.950 bits per heavy atom. The number of aryl methyl sites for hydroxylation is 4. The van der Waals surface area contributed by atoms with Crippen LogP contribution in [-0.4, -0.2) is 5.91 Å². The fourth-order valence-corrected chi connectivity index (χ4v) is 2.40. The molecule has 0 saturated heterocycles. The maximum atomic E-state index is 13.3. The molecule has 0 aliphatic carbocycles. The van der Waals surface area contributed by atoms with Gasteiger partial charge in [0.2, 0.25) is 0 Å². The molecule has 0 aliphatic heterocycles. The Balaban J connectivity index is 2.35. The van der Waals surface area contributed by atoms with Crippen LogP contribution < -0.4 is 5.32 Å². The minimum atomic E-state index is -0.405. The molecule has 0 saturated carbocycles. The molecule has 104 valence electrons. The van der Waals surface area contributed by atoms with E-state index in [1.54, 1.807) is 13.0 Å². The highest BCUT2D eigenvalue weighted by Crippen LogP contribution is 2.23. The molecule has 0 spiro atoms. The van der Waals surface area contributed by atoms with Crippen molar-refractivity contribution in [1.82, 2.24) is 0 Å². The largest absolute Gasteiger partial charge is 0.321 e. The van der Waals surface area contributed by atoms with Crippen molar-refractivity contribution in [2.45, 2.75) is 27.7 Å². The highest BCUT2D eigenvalue weighted by atomic mass is 19.1. The molecule has 0 radical (unpaired) electrons. The molecule has 0 fully saturated rings. The lowest BCUT2D eigenvalue weighted by atomic mass is 10.0. The predicted molar refractivity (Wildman–Crippen MR) is 79.7 cm³/mol. The van der Waals surface area contributed by atoms with Gasteiger partial charge in [-0.05, 0) is 56.5 Å². The van der Waals surface area contributed by atoms with Crippen LogP contribution in [0, 0.1) is 33.5 Å². The van der Waals surface area contributed by atoms with Gasteiger partial charge in [-0.15, -0.1) is 0 Å². The number of hydrogen-bond acceptors (Lipinski definition) is 1. The van der Waals surface area contributed by atoms with E-state index >= 15 is 0 Å². The van der Waals surface area contributed by atoms with Crippen molar-refractivity contribution in [3.05, 3.63) is 64.0 Å². The molecule has 0 aromatic heterocycles. The van der Waals surface area contributed by atoms with E-state index in [2.05, 4.69) is 5.32 Å². The quantitative estimate of drug-likeness (QED) is 0.866. The summed E-state index contributed by atoms with van der Waals surface area (Å²) in [6.07, 6.45) is 0. The summed E-state index contributed by atoms with van der Waals surface area (Å²) in [6.45, 7) is 7.72. The van der Waals surface area contributed by atoms with Crippen molar-refractivity contribution >= 4 is 11.6 Å². The zero-order valence-electron chi connectivity index (χ0n) is 12.2. The molecule has 0 aliphatic rings. The maximum Gasteiger partial charge on any atom is 0.256 e. The summed E-state index contributed by atoms with van der Waals surface area (Å²) in [4.78, 5) is 12.3. The lowest BCUT2D eigenvalue weighted by Gasteiger charge is -2.14. The Labute approximate surface area is 118 Å². The first kappa shape index (κ1) is 14.3. The van der Waals surface area contributed by atoms with Gasteiger partial charge in [0.25, 0.3) is 5.91 Å². The monoisotopic (exact) mass is 271 g/mol. The molecule has 3 heteroatoms. The predicted octanol–water partition coefficient (Wildman–Crippen LogP) is 4.31. The van der Waals surface area contributed by atoms with Gasteiger partial charge in [0.1, 0.15) is 5.82 Å². The van der Waals surface area contributed by atoms with Crippen LogP contribution in [0.5, 0.6) is 0 Å². The summed E-state index contributed by atoms with van der Waals surface area (Å²) in [6, 6.07) is 8.26. The maximum absolute atomic E-state index is 13.3. The van der Waals surface area contributed by atoms with Crippen molar-refractivity contribution in [2.75, 3.05) is 5.32 Å². The smallest absolute Gasteiger partial charge is 0.256 e. The Morgan fingerprint density at radius 3 is 2.15 bits per heavy atom. The molecule has 0 heterocycles. The molecule has 2 aromatic rings. The van der Waals surface area contributed by atoms with Crippen LogP contribution in [0.4, 0.5) is 10.1 Å². The van der Waals surface area contributed by atoms with E-state index in [1.165, 1.54) is 12.1 Å². The van der Waals surface area contributed by atoms with Crippen LogP contribution in [0.25, 0.3) is 0 Å². The molecule has 2 nitrogen and oxygen atoms in total. The van der Waals surface area contributed by atoms with E-state index in [4.69, 9.17) is 0 Å². The molecule has 0 unspecified atom stereocenters. The van der Waals surface area contributed by atoms with Gasteiger partial charge in [0.05, 0.1) is 0 Å². The number of amides is 1. The SMILES string of the molecule is Cc1cc(C)c(NC(=O)c2cc(F)ccc2C)c(C)c1. The van der Waals surface area contributed by atoms with E-state index < -0.39 is 5.82 Å². The van der Waals surface area contributed by atoms with E-state index in [0.717, 1.165) is 27.9 Å². The first-order valence-corrected chi connectivity index (χ1v) is 6.54. The summed E-state index contributed by atoms with van der Waals surface area (Å²) in [5, 5.41) is 2.88. The molecule has 0 atom stereocenters. The molecule has 1 amide bonds. The van der Waals surface area contributed by atoms with Crippen molar-refractivity contribution < 1.29 is 9.18 Å². The van der Waals surface area contributed by atoms with Crippen LogP contribution in [0.15, 0.2) is 30.3 Å². The third kappa shape index (κ3) is 2.87. The second-order valence-electron chi connectivity index (χ2n) is 5.19. The van der Waals surface area contributed by atoms with Crippen molar-refractivity contribution in [2.24, 2.45) is 0 Å². The lowest BCUT2D eigenvalue weighted by Crippen LogP contribution is -2.15. The molecule has 2 aromatic carbocycles. The van der Waals surface area contributed by atoms with Crippen LogP contribution in [0.1, 0.15) is 32.6 Å². The topological polar surface area (TPSA) is 29.1 Å². The van der Waals surface area contributed by atoms with Crippen LogP contribution in [0.3, 0.4) is 0 Å². The Morgan fingerprint density at radius 2 is 1.55 bits per heavy atom. The summed E-state index contributed by atoms with van der Waals surface area (Å²) >= 11 is 0. The van der Waals surface area contributed by atoms with Crippen LogP contribution in [-0.2, 0) is 0 Å². The zero-order chi connectivity index (χ0) is 14.9. The minimum absolute atomic E-state index is 0.281. The average Bonchev–Trinajstić information content (AvgIpc) is 2.36. The fraction of sp³-hybridized carbons (Fsp3) is 0.235. The van der Waals surface area contributed by atoms with Gasteiger partial charge in [-0.3, -0.25) is 4.79 Å². The fourth-order valence-electron chi connectivity index (χ4n) is 2.40. The summed E-state index contributed by atoms with van der Waals surface area (Å²) in [7, 11) is 0. The van der Waals surface area contributed by atoms with Crippen LogP contribution >= 0.6 is 0 Å². The van der Waals surface area contributed by atoms with Gasteiger partial charge in [0, 0.05) is 11.3 Å². The van der Waals surface area contributed by atoms with Crippen LogP contribution in [0.2, 0.25) is 0 Å².